The summed E-state index contributed by atoms with van der Waals surface area (Å²) in [5, 5.41) is 13.6. The van der Waals surface area contributed by atoms with E-state index in [1.807, 2.05) is 25.3 Å². The van der Waals surface area contributed by atoms with Crippen molar-refractivity contribution in [3.05, 3.63) is 29.6 Å². The second-order valence-electron chi connectivity index (χ2n) is 4.00. The molecule has 0 saturated carbocycles. The van der Waals surface area contributed by atoms with E-state index < -0.39 is 5.60 Å². The largest absolute Gasteiger partial charge is 0.383 e. The Labute approximate surface area is 84.2 Å². The molecular weight excluding hydrogens is 176 g/mol. The van der Waals surface area contributed by atoms with Gasteiger partial charge in [-0.15, -0.1) is 0 Å². The number of nitrogens with zero attached hydrogens (tertiary/aromatic N) is 1. The molecule has 76 valence electrons. The third kappa shape index (κ3) is 1.79. The van der Waals surface area contributed by atoms with Crippen molar-refractivity contribution in [1.29, 1.82) is 0 Å². The first kappa shape index (κ1) is 9.62. The van der Waals surface area contributed by atoms with Crippen molar-refractivity contribution in [2.24, 2.45) is 0 Å². The second kappa shape index (κ2) is 3.67. The number of aliphatic hydroxyl groups is 1. The number of piperidine rings is 1. The molecule has 1 aliphatic heterocycles. The molecule has 1 aliphatic rings. The first-order valence-electron chi connectivity index (χ1n) is 5.07. The summed E-state index contributed by atoms with van der Waals surface area (Å²) >= 11 is 0. The Bertz CT molecular complexity index is 302. The zero-order chi connectivity index (χ0) is 10.0. The molecule has 2 N–H and O–H groups in total. The van der Waals surface area contributed by atoms with Crippen LogP contribution in [0, 0.1) is 6.92 Å². The number of hydrogen-bond donors (Lipinski definition) is 2. The van der Waals surface area contributed by atoms with Gasteiger partial charge in [-0.05, 0) is 44.5 Å². The molecule has 2 heterocycles. The Hall–Kier alpha value is -0.930. The molecule has 0 spiro atoms. The van der Waals surface area contributed by atoms with E-state index >= 15 is 0 Å². The van der Waals surface area contributed by atoms with Gasteiger partial charge in [0.05, 0.1) is 5.69 Å². The Morgan fingerprint density at radius 3 is 2.64 bits per heavy atom. The van der Waals surface area contributed by atoms with E-state index in [4.69, 9.17) is 0 Å². The second-order valence-corrected chi connectivity index (χ2v) is 4.00. The zero-order valence-corrected chi connectivity index (χ0v) is 8.45. The van der Waals surface area contributed by atoms with Gasteiger partial charge in [0.15, 0.2) is 0 Å². The Balaban J connectivity index is 2.23. The summed E-state index contributed by atoms with van der Waals surface area (Å²) in [4.78, 5) is 4.30. The van der Waals surface area contributed by atoms with Gasteiger partial charge in [-0.2, -0.15) is 0 Å². The molecular formula is C11H16N2O. The lowest BCUT2D eigenvalue weighted by atomic mass is 9.88. The van der Waals surface area contributed by atoms with E-state index in [9.17, 15) is 5.11 Å². The molecule has 0 unspecified atom stereocenters. The highest BCUT2D eigenvalue weighted by atomic mass is 16.3. The molecule has 1 aromatic heterocycles. The van der Waals surface area contributed by atoms with Crippen molar-refractivity contribution in [3.8, 4) is 0 Å². The van der Waals surface area contributed by atoms with Gasteiger partial charge < -0.3 is 10.4 Å². The fourth-order valence-corrected chi connectivity index (χ4v) is 1.84. The predicted molar refractivity (Wildman–Crippen MR) is 55.0 cm³/mol. The summed E-state index contributed by atoms with van der Waals surface area (Å²) < 4.78 is 0. The van der Waals surface area contributed by atoms with Crippen LogP contribution in [0.5, 0.6) is 0 Å². The van der Waals surface area contributed by atoms with Crippen LogP contribution in [0.15, 0.2) is 18.3 Å². The summed E-state index contributed by atoms with van der Waals surface area (Å²) in [6, 6.07) is 3.93. The number of rotatable bonds is 1. The molecule has 3 heteroatoms. The Morgan fingerprint density at radius 1 is 1.36 bits per heavy atom. The number of aryl methyl sites for hydroxylation is 1. The minimum absolute atomic E-state index is 0.709. The van der Waals surface area contributed by atoms with Crippen molar-refractivity contribution < 1.29 is 5.11 Å². The average Bonchev–Trinajstić information content (AvgIpc) is 2.19. The molecule has 14 heavy (non-hydrogen) atoms. The molecule has 0 atom stereocenters. The predicted octanol–water partition coefficient (Wildman–Crippen LogP) is 0.961. The van der Waals surface area contributed by atoms with E-state index in [0.29, 0.717) is 0 Å². The maximum absolute atomic E-state index is 10.3. The number of nitrogens with one attached hydrogen (secondary N) is 1. The lowest BCUT2D eigenvalue weighted by Crippen LogP contribution is -2.40. The normalized spacial score (nSPS) is 20.7. The van der Waals surface area contributed by atoms with Gasteiger partial charge in [0.1, 0.15) is 5.60 Å². The topological polar surface area (TPSA) is 45.1 Å². The fraction of sp³-hybridized carbons (Fsp3) is 0.545. The third-order valence-electron chi connectivity index (χ3n) is 2.82. The van der Waals surface area contributed by atoms with Gasteiger partial charge in [-0.25, -0.2) is 0 Å². The van der Waals surface area contributed by atoms with Crippen molar-refractivity contribution in [1.82, 2.24) is 10.3 Å². The molecule has 3 nitrogen and oxygen atoms in total. The first-order valence-corrected chi connectivity index (χ1v) is 5.07. The summed E-state index contributed by atoms with van der Waals surface area (Å²) in [5.41, 5.74) is 1.23. The monoisotopic (exact) mass is 192 g/mol. The molecule has 0 amide bonds. The quantitative estimate of drug-likeness (QED) is 0.696. The van der Waals surface area contributed by atoms with Crippen molar-refractivity contribution >= 4 is 0 Å². The van der Waals surface area contributed by atoms with Crippen LogP contribution < -0.4 is 5.32 Å². The van der Waals surface area contributed by atoms with Crippen LogP contribution in [-0.4, -0.2) is 23.2 Å². The molecule has 1 aromatic rings. The van der Waals surface area contributed by atoms with E-state index in [-0.39, 0.29) is 0 Å². The molecule has 1 fully saturated rings. The van der Waals surface area contributed by atoms with Crippen LogP contribution in [0.2, 0.25) is 0 Å². The van der Waals surface area contributed by atoms with Crippen molar-refractivity contribution in [2.45, 2.75) is 25.4 Å². The lowest BCUT2D eigenvalue weighted by molar-refractivity contribution is 0.00186. The average molecular weight is 192 g/mol. The number of pyridine rings is 1. The summed E-state index contributed by atoms with van der Waals surface area (Å²) in [7, 11) is 0. The molecule has 0 aliphatic carbocycles. The van der Waals surface area contributed by atoms with Gasteiger partial charge >= 0.3 is 0 Å². The highest BCUT2D eigenvalue weighted by Crippen LogP contribution is 2.28. The van der Waals surface area contributed by atoms with Crippen LogP contribution >= 0.6 is 0 Å². The minimum atomic E-state index is -0.709. The van der Waals surface area contributed by atoms with E-state index in [1.54, 1.807) is 0 Å². The molecule has 0 radical (unpaired) electrons. The Kier molecular flexibility index (Phi) is 2.52. The number of aromatic nitrogens is 1. The minimum Gasteiger partial charge on any atom is -0.383 e. The third-order valence-corrected chi connectivity index (χ3v) is 2.82. The smallest absolute Gasteiger partial charge is 0.109 e. The standard InChI is InChI=1S/C11H16N2O/c1-9-2-3-10(13-8-9)11(14)4-6-12-7-5-11/h2-3,8,12,14H,4-7H2,1H3. The fourth-order valence-electron chi connectivity index (χ4n) is 1.84. The SMILES string of the molecule is Cc1ccc(C2(O)CCNCC2)nc1. The van der Waals surface area contributed by atoms with Gasteiger partial charge in [0, 0.05) is 6.20 Å². The summed E-state index contributed by atoms with van der Waals surface area (Å²) in [6.45, 7) is 3.74. The van der Waals surface area contributed by atoms with Crippen molar-refractivity contribution in [3.63, 3.8) is 0 Å². The van der Waals surface area contributed by atoms with Gasteiger partial charge in [-0.1, -0.05) is 6.07 Å². The van der Waals surface area contributed by atoms with E-state index in [2.05, 4.69) is 10.3 Å². The lowest BCUT2D eigenvalue weighted by Gasteiger charge is -2.31. The van der Waals surface area contributed by atoms with E-state index in [0.717, 1.165) is 37.2 Å². The Morgan fingerprint density at radius 2 is 2.07 bits per heavy atom. The zero-order valence-electron chi connectivity index (χ0n) is 8.45. The molecule has 1 saturated heterocycles. The van der Waals surface area contributed by atoms with Crippen LogP contribution in [0.3, 0.4) is 0 Å². The van der Waals surface area contributed by atoms with Gasteiger partial charge in [0.2, 0.25) is 0 Å². The molecule has 2 rings (SSSR count). The maximum atomic E-state index is 10.3. The highest BCUT2D eigenvalue weighted by Gasteiger charge is 2.32. The number of hydrogen-bond acceptors (Lipinski definition) is 3. The van der Waals surface area contributed by atoms with Gasteiger partial charge in [-0.3, -0.25) is 4.98 Å². The van der Waals surface area contributed by atoms with Gasteiger partial charge in [0.25, 0.3) is 0 Å². The highest BCUT2D eigenvalue weighted by molar-refractivity contribution is 5.18. The first-order chi connectivity index (χ1) is 6.71. The van der Waals surface area contributed by atoms with Crippen LogP contribution in [0.1, 0.15) is 24.1 Å². The van der Waals surface area contributed by atoms with Crippen LogP contribution in [-0.2, 0) is 5.60 Å². The van der Waals surface area contributed by atoms with E-state index in [1.165, 1.54) is 0 Å². The molecule has 0 bridgehead atoms. The maximum Gasteiger partial charge on any atom is 0.109 e. The summed E-state index contributed by atoms with van der Waals surface area (Å²) in [6.07, 6.45) is 3.32. The molecule has 0 aromatic carbocycles. The van der Waals surface area contributed by atoms with Crippen LogP contribution in [0.4, 0.5) is 0 Å². The summed E-state index contributed by atoms with van der Waals surface area (Å²) in [5.74, 6) is 0. The van der Waals surface area contributed by atoms with Crippen molar-refractivity contribution in [2.75, 3.05) is 13.1 Å². The van der Waals surface area contributed by atoms with Crippen LogP contribution in [0.25, 0.3) is 0 Å².